The van der Waals surface area contributed by atoms with Gasteiger partial charge in [-0.2, -0.15) is 13.1 Å². The standard InChI is InChI=1S/C11H19N3O3S/c1-2-7-13-18(15,16)14-8-9-17-11-6-4-3-5-10(11)12/h3-6,13-14H,2,7-9,12H2,1H3. The van der Waals surface area contributed by atoms with Gasteiger partial charge >= 0.3 is 0 Å². The molecule has 1 rings (SSSR count). The van der Waals surface area contributed by atoms with E-state index in [0.717, 1.165) is 6.42 Å². The average Bonchev–Trinajstić information content (AvgIpc) is 2.34. The Morgan fingerprint density at radius 2 is 1.89 bits per heavy atom. The topological polar surface area (TPSA) is 93.5 Å². The van der Waals surface area contributed by atoms with Crippen LogP contribution in [0.2, 0.25) is 0 Å². The zero-order valence-corrected chi connectivity index (χ0v) is 11.2. The van der Waals surface area contributed by atoms with Crippen LogP contribution in [0.25, 0.3) is 0 Å². The van der Waals surface area contributed by atoms with Crippen molar-refractivity contribution in [1.29, 1.82) is 0 Å². The zero-order chi connectivity index (χ0) is 13.4. The molecule has 4 N–H and O–H groups in total. The molecule has 102 valence electrons. The van der Waals surface area contributed by atoms with Gasteiger partial charge in [-0.3, -0.25) is 0 Å². The van der Waals surface area contributed by atoms with Gasteiger partial charge in [-0.05, 0) is 18.6 Å². The molecule has 0 spiro atoms. The number of para-hydroxylation sites is 2. The van der Waals surface area contributed by atoms with Crippen molar-refractivity contribution in [3.63, 3.8) is 0 Å². The average molecular weight is 273 g/mol. The summed E-state index contributed by atoms with van der Waals surface area (Å²) in [6.45, 7) is 2.72. The van der Waals surface area contributed by atoms with Crippen molar-refractivity contribution in [2.45, 2.75) is 13.3 Å². The lowest BCUT2D eigenvalue weighted by atomic mass is 10.3. The van der Waals surface area contributed by atoms with Crippen molar-refractivity contribution in [3.05, 3.63) is 24.3 Å². The first-order chi connectivity index (χ1) is 8.55. The number of anilines is 1. The van der Waals surface area contributed by atoms with Crippen LogP contribution in [0, 0.1) is 0 Å². The molecule has 0 unspecified atom stereocenters. The highest BCUT2D eigenvalue weighted by molar-refractivity contribution is 7.87. The summed E-state index contributed by atoms with van der Waals surface area (Å²) in [4.78, 5) is 0. The summed E-state index contributed by atoms with van der Waals surface area (Å²) in [6, 6.07) is 7.07. The third-order valence-electron chi connectivity index (χ3n) is 2.11. The summed E-state index contributed by atoms with van der Waals surface area (Å²) in [6.07, 6.45) is 0.748. The third-order valence-corrected chi connectivity index (χ3v) is 3.28. The Morgan fingerprint density at radius 1 is 1.22 bits per heavy atom. The van der Waals surface area contributed by atoms with Crippen LogP contribution in [0.15, 0.2) is 24.3 Å². The van der Waals surface area contributed by atoms with Crippen molar-refractivity contribution < 1.29 is 13.2 Å². The van der Waals surface area contributed by atoms with Gasteiger partial charge in [0.15, 0.2) is 0 Å². The van der Waals surface area contributed by atoms with E-state index in [2.05, 4.69) is 9.44 Å². The quantitative estimate of drug-likeness (QED) is 0.474. The summed E-state index contributed by atoms with van der Waals surface area (Å²) in [7, 11) is -3.42. The summed E-state index contributed by atoms with van der Waals surface area (Å²) in [5.74, 6) is 0.554. The maximum atomic E-state index is 11.4. The molecule has 0 aliphatic carbocycles. The Bertz CT molecular complexity index is 462. The monoisotopic (exact) mass is 273 g/mol. The molecule has 0 atom stereocenters. The molecule has 1 aromatic rings. The minimum Gasteiger partial charge on any atom is -0.490 e. The van der Waals surface area contributed by atoms with E-state index in [0.29, 0.717) is 18.0 Å². The van der Waals surface area contributed by atoms with Crippen LogP contribution >= 0.6 is 0 Å². The highest BCUT2D eigenvalue weighted by Gasteiger charge is 2.07. The smallest absolute Gasteiger partial charge is 0.277 e. The zero-order valence-electron chi connectivity index (χ0n) is 10.3. The predicted octanol–water partition coefficient (Wildman–Crippen LogP) is 0.482. The van der Waals surface area contributed by atoms with E-state index < -0.39 is 10.2 Å². The molecule has 0 fully saturated rings. The van der Waals surface area contributed by atoms with Crippen molar-refractivity contribution in [3.8, 4) is 5.75 Å². The molecule has 6 nitrogen and oxygen atoms in total. The molecule has 0 bridgehead atoms. The number of benzene rings is 1. The lowest BCUT2D eigenvalue weighted by molar-refractivity contribution is 0.324. The molecule has 0 amide bonds. The van der Waals surface area contributed by atoms with Crippen LogP contribution in [0.5, 0.6) is 5.75 Å². The van der Waals surface area contributed by atoms with E-state index in [1.54, 1.807) is 24.3 Å². The summed E-state index contributed by atoms with van der Waals surface area (Å²) < 4.78 is 32.9. The summed E-state index contributed by atoms with van der Waals surface area (Å²) >= 11 is 0. The second kappa shape index (κ2) is 7.20. The van der Waals surface area contributed by atoms with Crippen molar-refractivity contribution in [2.24, 2.45) is 0 Å². The molecule has 0 saturated heterocycles. The SMILES string of the molecule is CCCNS(=O)(=O)NCCOc1ccccc1N. The first kappa shape index (κ1) is 14.7. The Hall–Kier alpha value is -1.31. The molecule has 1 aromatic carbocycles. The summed E-state index contributed by atoms with van der Waals surface area (Å²) in [5.41, 5.74) is 6.21. The second-order valence-electron chi connectivity index (χ2n) is 3.68. The van der Waals surface area contributed by atoms with Crippen LogP contribution in [-0.4, -0.2) is 28.1 Å². The molecule has 0 saturated carbocycles. The summed E-state index contributed by atoms with van der Waals surface area (Å²) in [5, 5.41) is 0. The number of ether oxygens (including phenoxy) is 1. The van der Waals surface area contributed by atoms with Gasteiger partial charge < -0.3 is 10.5 Å². The second-order valence-corrected chi connectivity index (χ2v) is 5.26. The minimum absolute atomic E-state index is 0.188. The maximum Gasteiger partial charge on any atom is 0.277 e. The van der Waals surface area contributed by atoms with Crippen molar-refractivity contribution in [2.75, 3.05) is 25.4 Å². The molecule has 0 aliphatic heterocycles. The number of nitrogen functional groups attached to an aromatic ring is 1. The van der Waals surface area contributed by atoms with Gasteiger partial charge in [0.2, 0.25) is 0 Å². The lowest BCUT2D eigenvalue weighted by Gasteiger charge is -2.10. The molecular weight excluding hydrogens is 254 g/mol. The molecule has 18 heavy (non-hydrogen) atoms. The molecule has 7 heteroatoms. The Kier molecular flexibility index (Phi) is 5.90. The van der Waals surface area contributed by atoms with Crippen LogP contribution in [0.1, 0.15) is 13.3 Å². The van der Waals surface area contributed by atoms with E-state index >= 15 is 0 Å². The largest absolute Gasteiger partial charge is 0.490 e. The van der Waals surface area contributed by atoms with Gasteiger partial charge in [-0.25, -0.2) is 4.72 Å². The molecule has 0 radical (unpaired) electrons. The number of hydrogen-bond donors (Lipinski definition) is 3. The molecule has 0 aliphatic rings. The van der Waals surface area contributed by atoms with E-state index in [1.165, 1.54) is 0 Å². The molecule has 0 aromatic heterocycles. The number of rotatable bonds is 8. The van der Waals surface area contributed by atoms with Gasteiger partial charge in [0, 0.05) is 13.1 Å². The molecule has 0 heterocycles. The normalized spacial score (nSPS) is 11.4. The van der Waals surface area contributed by atoms with Crippen molar-refractivity contribution in [1.82, 2.24) is 9.44 Å². The Morgan fingerprint density at radius 3 is 2.56 bits per heavy atom. The van der Waals surface area contributed by atoms with E-state index in [9.17, 15) is 8.42 Å². The Labute approximate surface area is 108 Å². The predicted molar refractivity (Wildman–Crippen MR) is 71.6 cm³/mol. The van der Waals surface area contributed by atoms with Gasteiger partial charge in [0.25, 0.3) is 10.2 Å². The first-order valence-electron chi connectivity index (χ1n) is 5.76. The van der Waals surface area contributed by atoms with E-state index in [1.807, 2.05) is 6.92 Å². The van der Waals surface area contributed by atoms with Gasteiger partial charge in [-0.15, -0.1) is 0 Å². The van der Waals surface area contributed by atoms with Gasteiger partial charge in [0.05, 0.1) is 5.69 Å². The fourth-order valence-electron chi connectivity index (χ4n) is 1.24. The molecular formula is C11H19N3O3S. The fraction of sp³-hybridized carbons (Fsp3) is 0.455. The van der Waals surface area contributed by atoms with Crippen LogP contribution in [0.4, 0.5) is 5.69 Å². The fourth-order valence-corrected chi connectivity index (χ4v) is 2.16. The van der Waals surface area contributed by atoms with E-state index in [-0.39, 0.29) is 13.2 Å². The lowest BCUT2D eigenvalue weighted by Crippen LogP contribution is -2.38. The van der Waals surface area contributed by atoms with E-state index in [4.69, 9.17) is 10.5 Å². The third kappa shape index (κ3) is 5.35. The van der Waals surface area contributed by atoms with Crippen LogP contribution in [0.3, 0.4) is 0 Å². The Balaban J connectivity index is 2.29. The number of nitrogens with one attached hydrogen (secondary N) is 2. The number of nitrogens with two attached hydrogens (primary N) is 1. The first-order valence-corrected chi connectivity index (χ1v) is 7.25. The highest BCUT2D eigenvalue weighted by Crippen LogP contribution is 2.19. The highest BCUT2D eigenvalue weighted by atomic mass is 32.2. The van der Waals surface area contributed by atoms with Crippen LogP contribution in [-0.2, 0) is 10.2 Å². The maximum absolute atomic E-state index is 11.4. The number of hydrogen-bond acceptors (Lipinski definition) is 4. The van der Waals surface area contributed by atoms with Crippen LogP contribution < -0.4 is 19.9 Å². The van der Waals surface area contributed by atoms with Gasteiger partial charge in [-0.1, -0.05) is 19.1 Å². The van der Waals surface area contributed by atoms with Crippen molar-refractivity contribution >= 4 is 15.9 Å². The van der Waals surface area contributed by atoms with Gasteiger partial charge in [0.1, 0.15) is 12.4 Å². The minimum atomic E-state index is -3.42.